The van der Waals surface area contributed by atoms with E-state index in [4.69, 9.17) is 16.7 Å². The highest BCUT2D eigenvalue weighted by atomic mass is 79.9. The Bertz CT molecular complexity index is 738. The molecule has 0 aliphatic heterocycles. The Kier molecular flexibility index (Phi) is 4.39. The first-order chi connectivity index (χ1) is 9.88. The van der Waals surface area contributed by atoms with Gasteiger partial charge in [-0.05, 0) is 34.1 Å². The van der Waals surface area contributed by atoms with Gasteiger partial charge in [-0.25, -0.2) is 9.78 Å². The average Bonchev–Trinajstić information content (AvgIpc) is 2.42. The van der Waals surface area contributed by atoms with E-state index in [1.165, 1.54) is 30.5 Å². The summed E-state index contributed by atoms with van der Waals surface area (Å²) in [5.41, 5.74) is 0.251. The molecule has 2 N–H and O–H groups in total. The fourth-order valence-corrected chi connectivity index (χ4v) is 2.17. The maximum Gasteiger partial charge on any atom is 0.335 e. The fraction of sp³-hybridized carbons (Fsp3) is 0. The van der Waals surface area contributed by atoms with Crippen molar-refractivity contribution in [2.45, 2.75) is 0 Å². The van der Waals surface area contributed by atoms with Crippen molar-refractivity contribution in [1.29, 1.82) is 0 Å². The maximum absolute atomic E-state index is 11.0. The third-order valence-electron chi connectivity index (χ3n) is 2.50. The van der Waals surface area contributed by atoms with Gasteiger partial charge in [-0.1, -0.05) is 11.6 Å². The Morgan fingerprint density at radius 2 is 2.14 bits per heavy atom. The van der Waals surface area contributed by atoms with Gasteiger partial charge < -0.3 is 10.4 Å². The lowest BCUT2D eigenvalue weighted by Crippen LogP contribution is -2.01. The third kappa shape index (κ3) is 3.47. The molecule has 7 nitrogen and oxygen atoms in total. The summed E-state index contributed by atoms with van der Waals surface area (Å²) in [5.74, 6) is -1.06. The van der Waals surface area contributed by atoms with Gasteiger partial charge in [0.2, 0.25) is 5.82 Å². The van der Waals surface area contributed by atoms with E-state index in [0.717, 1.165) is 0 Å². The van der Waals surface area contributed by atoms with Crippen LogP contribution in [0.1, 0.15) is 10.4 Å². The van der Waals surface area contributed by atoms with E-state index in [1.54, 1.807) is 0 Å². The molecule has 1 aromatic carbocycles. The highest BCUT2D eigenvalue weighted by Gasteiger charge is 2.17. The smallest absolute Gasteiger partial charge is 0.335 e. The molecule has 0 spiro atoms. The van der Waals surface area contributed by atoms with Gasteiger partial charge in [0.15, 0.2) is 0 Å². The van der Waals surface area contributed by atoms with Crippen molar-refractivity contribution in [3.8, 4) is 0 Å². The number of carboxylic acid groups (broad SMARTS) is 1. The van der Waals surface area contributed by atoms with Gasteiger partial charge >= 0.3 is 11.7 Å². The number of carbonyl (C=O) groups is 1. The van der Waals surface area contributed by atoms with Gasteiger partial charge in [-0.3, -0.25) is 10.1 Å². The van der Waals surface area contributed by atoms with Crippen LogP contribution in [0.15, 0.2) is 34.9 Å². The van der Waals surface area contributed by atoms with Gasteiger partial charge in [0.25, 0.3) is 0 Å². The summed E-state index contributed by atoms with van der Waals surface area (Å²) in [6.07, 6.45) is 1.27. The number of benzene rings is 1. The number of nitro groups is 1. The van der Waals surface area contributed by atoms with Crippen molar-refractivity contribution >= 4 is 50.7 Å². The fourth-order valence-electron chi connectivity index (χ4n) is 1.54. The first-order valence-corrected chi connectivity index (χ1v) is 6.65. The third-order valence-corrected chi connectivity index (χ3v) is 3.36. The first kappa shape index (κ1) is 15.2. The summed E-state index contributed by atoms with van der Waals surface area (Å²) >= 11 is 8.88. The van der Waals surface area contributed by atoms with Crippen molar-refractivity contribution < 1.29 is 14.8 Å². The molecular weight excluding hydrogens is 366 g/mol. The molecule has 108 valence electrons. The zero-order valence-corrected chi connectivity index (χ0v) is 12.6. The molecule has 0 saturated carbocycles. The predicted octanol–water partition coefficient (Wildman–Crippen LogP) is 3.85. The molecule has 9 heteroatoms. The van der Waals surface area contributed by atoms with E-state index in [2.05, 4.69) is 26.2 Å². The van der Waals surface area contributed by atoms with E-state index in [0.29, 0.717) is 10.2 Å². The van der Waals surface area contributed by atoms with Gasteiger partial charge in [0.1, 0.15) is 0 Å². The van der Waals surface area contributed by atoms with Crippen LogP contribution < -0.4 is 5.32 Å². The largest absolute Gasteiger partial charge is 0.478 e. The SMILES string of the molecule is O=C(O)c1ccc(Nc2ncc(Cl)cc2[N+](=O)[O-])c(Br)c1. The number of aromatic nitrogens is 1. The van der Waals surface area contributed by atoms with Gasteiger partial charge in [0, 0.05) is 16.7 Å². The number of rotatable bonds is 4. The summed E-state index contributed by atoms with van der Waals surface area (Å²) in [7, 11) is 0. The van der Waals surface area contributed by atoms with Crippen LogP contribution in [0, 0.1) is 10.1 Å². The van der Waals surface area contributed by atoms with Crippen LogP contribution in [-0.2, 0) is 0 Å². The van der Waals surface area contributed by atoms with E-state index < -0.39 is 10.9 Å². The van der Waals surface area contributed by atoms with Crippen LogP contribution in [0.2, 0.25) is 5.02 Å². The molecule has 0 aliphatic rings. The van der Waals surface area contributed by atoms with Gasteiger partial charge in [-0.15, -0.1) is 0 Å². The van der Waals surface area contributed by atoms with E-state index in [9.17, 15) is 14.9 Å². The Labute approximate surface area is 131 Å². The van der Waals surface area contributed by atoms with Crippen molar-refractivity contribution in [2.24, 2.45) is 0 Å². The molecule has 0 saturated heterocycles. The van der Waals surface area contributed by atoms with Crippen LogP contribution in [0.5, 0.6) is 0 Å². The number of carboxylic acids is 1. The summed E-state index contributed by atoms with van der Waals surface area (Å²) in [6.45, 7) is 0. The summed E-state index contributed by atoms with van der Waals surface area (Å²) in [4.78, 5) is 25.1. The van der Waals surface area contributed by atoms with Crippen molar-refractivity contribution in [2.75, 3.05) is 5.32 Å². The predicted molar refractivity (Wildman–Crippen MR) is 80.3 cm³/mol. The number of hydrogen-bond donors (Lipinski definition) is 2. The molecular formula is C12H7BrClN3O4. The second-order valence-electron chi connectivity index (χ2n) is 3.90. The normalized spacial score (nSPS) is 10.2. The van der Waals surface area contributed by atoms with Crippen LogP contribution in [0.3, 0.4) is 0 Å². The quantitative estimate of drug-likeness (QED) is 0.624. The molecule has 0 radical (unpaired) electrons. The zero-order chi connectivity index (χ0) is 15.6. The summed E-state index contributed by atoms with van der Waals surface area (Å²) < 4.78 is 0.438. The number of anilines is 2. The zero-order valence-electron chi connectivity index (χ0n) is 10.2. The minimum Gasteiger partial charge on any atom is -0.478 e. The molecule has 0 bridgehead atoms. The first-order valence-electron chi connectivity index (χ1n) is 5.48. The lowest BCUT2D eigenvalue weighted by atomic mass is 10.2. The number of halogens is 2. The molecule has 0 aliphatic carbocycles. The molecule has 2 aromatic rings. The number of pyridine rings is 1. The van der Waals surface area contributed by atoms with Crippen LogP contribution in [0.4, 0.5) is 17.2 Å². The molecule has 2 rings (SSSR count). The van der Waals surface area contributed by atoms with Crippen molar-refractivity contribution in [3.05, 3.63) is 55.6 Å². The Hall–Kier alpha value is -2.19. The lowest BCUT2D eigenvalue weighted by molar-refractivity contribution is -0.384. The minimum absolute atomic E-state index is 0.00757. The topological polar surface area (TPSA) is 105 Å². The highest BCUT2D eigenvalue weighted by molar-refractivity contribution is 9.10. The number of nitrogens with zero attached hydrogens (tertiary/aromatic N) is 2. The second kappa shape index (κ2) is 6.06. The standard InChI is InChI=1S/C12H7BrClN3O4/c13-8-3-6(12(18)19)1-2-9(8)16-11-10(17(20)21)4-7(14)5-15-11/h1-5H,(H,15,16)(H,18,19). The molecule has 0 amide bonds. The average molecular weight is 373 g/mol. The number of nitrogens with one attached hydrogen (secondary N) is 1. The number of hydrogen-bond acceptors (Lipinski definition) is 5. The van der Waals surface area contributed by atoms with Crippen LogP contribution in [-0.4, -0.2) is 21.0 Å². The molecule has 0 fully saturated rings. The molecule has 21 heavy (non-hydrogen) atoms. The molecule has 1 aromatic heterocycles. The van der Waals surface area contributed by atoms with E-state index >= 15 is 0 Å². The van der Waals surface area contributed by atoms with Crippen molar-refractivity contribution in [1.82, 2.24) is 4.98 Å². The van der Waals surface area contributed by atoms with Gasteiger partial charge in [-0.2, -0.15) is 0 Å². The van der Waals surface area contributed by atoms with E-state index in [-0.39, 0.29) is 22.1 Å². The Morgan fingerprint density at radius 1 is 1.43 bits per heavy atom. The Balaban J connectivity index is 2.39. The summed E-state index contributed by atoms with van der Waals surface area (Å²) in [6, 6.07) is 5.41. The lowest BCUT2D eigenvalue weighted by Gasteiger charge is -2.09. The van der Waals surface area contributed by atoms with Crippen molar-refractivity contribution in [3.63, 3.8) is 0 Å². The molecule has 0 atom stereocenters. The maximum atomic E-state index is 11.0. The molecule has 0 unspecified atom stereocenters. The van der Waals surface area contributed by atoms with Gasteiger partial charge in [0.05, 0.1) is 21.2 Å². The van der Waals surface area contributed by atoms with E-state index in [1.807, 2.05) is 0 Å². The Morgan fingerprint density at radius 3 is 2.71 bits per heavy atom. The monoisotopic (exact) mass is 371 g/mol. The summed E-state index contributed by atoms with van der Waals surface area (Å²) in [5, 5.41) is 22.8. The molecule has 1 heterocycles. The van der Waals surface area contributed by atoms with Crippen LogP contribution in [0.25, 0.3) is 0 Å². The van der Waals surface area contributed by atoms with Crippen LogP contribution >= 0.6 is 27.5 Å². The number of aromatic carboxylic acids is 1. The highest BCUT2D eigenvalue weighted by Crippen LogP contribution is 2.31. The minimum atomic E-state index is -1.07. The second-order valence-corrected chi connectivity index (χ2v) is 5.19.